The molecule has 4 nitrogen and oxygen atoms in total. The highest BCUT2D eigenvalue weighted by Crippen LogP contribution is 2.28. The van der Waals surface area contributed by atoms with Crippen molar-refractivity contribution in [2.75, 3.05) is 6.61 Å². The molecule has 114 valence electrons. The monoisotopic (exact) mass is 274 g/mol. The predicted molar refractivity (Wildman–Crippen MR) is 75.1 cm³/mol. The van der Waals surface area contributed by atoms with Gasteiger partial charge in [-0.1, -0.05) is 19.8 Å². The molecule has 1 saturated heterocycles. The standard InChI is InChI=1S/C15H30O4/c1-7-8-9-11(18-14(2,3)4)13(16)12-10-17-15(5,6)19-12/h11-13,16H,7-10H2,1-6H3. The van der Waals surface area contributed by atoms with E-state index in [4.69, 9.17) is 14.2 Å². The maximum absolute atomic E-state index is 10.5. The first kappa shape index (κ1) is 16.9. The van der Waals surface area contributed by atoms with E-state index in [1.54, 1.807) is 0 Å². The highest BCUT2D eigenvalue weighted by molar-refractivity contribution is 4.84. The van der Waals surface area contributed by atoms with E-state index >= 15 is 0 Å². The van der Waals surface area contributed by atoms with Crippen LogP contribution in [0.2, 0.25) is 0 Å². The second-order valence-electron chi connectivity index (χ2n) is 6.77. The quantitative estimate of drug-likeness (QED) is 0.809. The van der Waals surface area contributed by atoms with E-state index in [0.717, 1.165) is 19.3 Å². The third-order valence-electron chi connectivity index (χ3n) is 3.14. The lowest BCUT2D eigenvalue weighted by Crippen LogP contribution is -2.44. The maximum atomic E-state index is 10.5. The molecule has 0 bridgehead atoms. The first-order valence-electron chi connectivity index (χ1n) is 7.32. The zero-order chi connectivity index (χ0) is 14.7. The maximum Gasteiger partial charge on any atom is 0.163 e. The molecule has 0 amide bonds. The first-order chi connectivity index (χ1) is 8.64. The van der Waals surface area contributed by atoms with Gasteiger partial charge in [-0.05, 0) is 41.0 Å². The van der Waals surface area contributed by atoms with Crippen LogP contribution in [0.4, 0.5) is 0 Å². The van der Waals surface area contributed by atoms with Gasteiger partial charge in [0.2, 0.25) is 0 Å². The van der Waals surface area contributed by atoms with Gasteiger partial charge in [-0.3, -0.25) is 0 Å². The summed E-state index contributed by atoms with van der Waals surface area (Å²) in [5.41, 5.74) is -0.269. The van der Waals surface area contributed by atoms with E-state index in [1.165, 1.54) is 0 Å². The fraction of sp³-hybridized carbons (Fsp3) is 1.00. The molecule has 4 heteroatoms. The molecular weight excluding hydrogens is 244 g/mol. The van der Waals surface area contributed by atoms with Crippen LogP contribution in [0.1, 0.15) is 60.8 Å². The Kier molecular flexibility index (Phi) is 5.80. The predicted octanol–water partition coefficient (Wildman–Crippen LogP) is 2.87. The fourth-order valence-corrected chi connectivity index (χ4v) is 2.28. The zero-order valence-corrected chi connectivity index (χ0v) is 13.2. The SMILES string of the molecule is CCCCC(OC(C)(C)C)C(O)C1COC(C)(C)O1. The summed E-state index contributed by atoms with van der Waals surface area (Å²) in [6.45, 7) is 12.3. The summed E-state index contributed by atoms with van der Waals surface area (Å²) in [6, 6.07) is 0. The Balaban J connectivity index is 2.63. The number of aliphatic hydroxyl groups excluding tert-OH is 1. The minimum Gasteiger partial charge on any atom is -0.388 e. The van der Waals surface area contributed by atoms with Gasteiger partial charge in [-0.15, -0.1) is 0 Å². The van der Waals surface area contributed by atoms with Crippen LogP contribution in [0, 0.1) is 0 Å². The van der Waals surface area contributed by atoms with Gasteiger partial charge in [0.05, 0.1) is 18.3 Å². The van der Waals surface area contributed by atoms with E-state index in [-0.39, 0.29) is 17.8 Å². The fourth-order valence-electron chi connectivity index (χ4n) is 2.28. The Bertz CT molecular complexity index is 270. The lowest BCUT2D eigenvalue weighted by atomic mass is 10.0. The third-order valence-corrected chi connectivity index (χ3v) is 3.14. The van der Waals surface area contributed by atoms with Crippen LogP contribution in [-0.2, 0) is 14.2 Å². The molecule has 3 unspecified atom stereocenters. The van der Waals surface area contributed by atoms with E-state index in [1.807, 2.05) is 34.6 Å². The van der Waals surface area contributed by atoms with Gasteiger partial charge in [0, 0.05) is 0 Å². The molecule has 1 rings (SSSR count). The molecule has 1 aliphatic heterocycles. The summed E-state index contributed by atoms with van der Waals surface area (Å²) in [6.07, 6.45) is 1.81. The zero-order valence-electron chi connectivity index (χ0n) is 13.2. The number of hydrogen-bond donors (Lipinski definition) is 1. The van der Waals surface area contributed by atoms with Crippen LogP contribution < -0.4 is 0 Å². The smallest absolute Gasteiger partial charge is 0.163 e. The number of aliphatic hydroxyl groups is 1. The van der Waals surface area contributed by atoms with Crippen molar-refractivity contribution in [2.45, 2.75) is 90.5 Å². The molecule has 1 aliphatic rings. The highest BCUT2D eigenvalue weighted by Gasteiger charge is 2.40. The molecule has 0 aliphatic carbocycles. The van der Waals surface area contributed by atoms with Gasteiger partial charge in [-0.2, -0.15) is 0 Å². The molecule has 0 spiro atoms. The number of rotatable bonds is 6. The molecule has 19 heavy (non-hydrogen) atoms. The van der Waals surface area contributed by atoms with Gasteiger partial charge < -0.3 is 19.3 Å². The van der Waals surface area contributed by atoms with Crippen molar-refractivity contribution in [3.8, 4) is 0 Å². The number of hydrogen-bond acceptors (Lipinski definition) is 4. The summed E-state index contributed by atoms with van der Waals surface area (Å²) in [5, 5.41) is 10.5. The lowest BCUT2D eigenvalue weighted by molar-refractivity contribution is -0.178. The van der Waals surface area contributed by atoms with Crippen LogP contribution in [0.3, 0.4) is 0 Å². The summed E-state index contributed by atoms with van der Waals surface area (Å²) < 4.78 is 17.3. The molecule has 1 fully saturated rings. The summed E-state index contributed by atoms with van der Waals surface area (Å²) in [4.78, 5) is 0. The van der Waals surface area contributed by atoms with Crippen molar-refractivity contribution in [1.82, 2.24) is 0 Å². The Hall–Kier alpha value is -0.160. The molecule has 0 aromatic rings. The lowest BCUT2D eigenvalue weighted by Gasteiger charge is -2.33. The van der Waals surface area contributed by atoms with Gasteiger partial charge >= 0.3 is 0 Å². The Labute approximate surface area is 117 Å². The summed E-state index contributed by atoms with van der Waals surface area (Å²) >= 11 is 0. The Morgan fingerprint density at radius 3 is 2.42 bits per heavy atom. The van der Waals surface area contributed by atoms with Gasteiger partial charge in [-0.25, -0.2) is 0 Å². The van der Waals surface area contributed by atoms with Crippen LogP contribution in [0.15, 0.2) is 0 Å². The molecule has 0 aromatic heterocycles. The average molecular weight is 274 g/mol. The van der Waals surface area contributed by atoms with Crippen molar-refractivity contribution in [1.29, 1.82) is 0 Å². The number of ether oxygens (including phenoxy) is 3. The van der Waals surface area contributed by atoms with Crippen LogP contribution in [-0.4, -0.2) is 41.4 Å². The van der Waals surface area contributed by atoms with Gasteiger partial charge in [0.15, 0.2) is 5.79 Å². The van der Waals surface area contributed by atoms with E-state index in [9.17, 15) is 5.11 Å². The first-order valence-corrected chi connectivity index (χ1v) is 7.32. The topological polar surface area (TPSA) is 47.9 Å². The van der Waals surface area contributed by atoms with Crippen LogP contribution >= 0.6 is 0 Å². The summed E-state index contributed by atoms with van der Waals surface area (Å²) in [5.74, 6) is -0.608. The third kappa shape index (κ3) is 5.78. The normalized spacial score (nSPS) is 26.4. The highest BCUT2D eigenvalue weighted by atomic mass is 16.7. The van der Waals surface area contributed by atoms with Crippen molar-refractivity contribution in [3.05, 3.63) is 0 Å². The molecule has 0 saturated carbocycles. The molecular formula is C15H30O4. The Morgan fingerprint density at radius 2 is 2.00 bits per heavy atom. The minimum absolute atomic E-state index is 0.206. The van der Waals surface area contributed by atoms with Crippen LogP contribution in [0.5, 0.6) is 0 Å². The average Bonchev–Trinajstić information content (AvgIpc) is 2.62. The largest absolute Gasteiger partial charge is 0.388 e. The van der Waals surface area contributed by atoms with E-state index in [2.05, 4.69) is 6.92 Å². The minimum atomic E-state index is -0.646. The van der Waals surface area contributed by atoms with Crippen molar-refractivity contribution in [2.24, 2.45) is 0 Å². The number of unbranched alkanes of at least 4 members (excludes halogenated alkanes) is 1. The van der Waals surface area contributed by atoms with E-state index < -0.39 is 11.9 Å². The van der Waals surface area contributed by atoms with Crippen molar-refractivity contribution < 1.29 is 19.3 Å². The van der Waals surface area contributed by atoms with Crippen molar-refractivity contribution >= 4 is 0 Å². The molecule has 0 radical (unpaired) electrons. The van der Waals surface area contributed by atoms with Crippen LogP contribution in [0.25, 0.3) is 0 Å². The molecule has 1 N–H and O–H groups in total. The van der Waals surface area contributed by atoms with Crippen molar-refractivity contribution in [3.63, 3.8) is 0 Å². The summed E-state index contributed by atoms with van der Waals surface area (Å²) in [7, 11) is 0. The van der Waals surface area contributed by atoms with Gasteiger partial charge in [0.1, 0.15) is 12.2 Å². The van der Waals surface area contributed by atoms with Gasteiger partial charge in [0.25, 0.3) is 0 Å². The Morgan fingerprint density at radius 1 is 1.37 bits per heavy atom. The molecule has 3 atom stereocenters. The second-order valence-corrected chi connectivity index (χ2v) is 6.77. The second kappa shape index (κ2) is 6.53. The molecule has 1 heterocycles. The van der Waals surface area contributed by atoms with E-state index in [0.29, 0.717) is 6.61 Å². The molecule has 0 aromatic carbocycles.